The molecule has 1 aliphatic heterocycles. The van der Waals surface area contributed by atoms with E-state index >= 15 is 0 Å². The lowest BCUT2D eigenvalue weighted by Gasteiger charge is -2.46. The van der Waals surface area contributed by atoms with Gasteiger partial charge in [-0.15, -0.1) is 0 Å². The molecule has 3 heteroatoms. The fourth-order valence-corrected chi connectivity index (χ4v) is 2.52. The molecule has 1 amide bonds. The number of aryl methyl sites for hydroxylation is 1. The Balaban J connectivity index is 1.74. The van der Waals surface area contributed by atoms with Crippen molar-refractivity contribution in [2.24, 2.45) is 0 Å². The maximum absolute atomic E-state index is 11.9. The molecule has 1 heterocycles. The molecule has 1 fully saturated rings. The summed E-state index contributed by atoms with van der Waals surface area (Å²) in [5, 5.41) is 10.0. The van der Waals surface area contributed by atoms with Gasteiger partial charge in [-0.2, -0.15) is 0 Å². The number of hydrogen-bond acceptors (Lipinski definition) is 2. The normalized spacial score (nSPS) is 17.3. The second kappa shape index (κ2) is 5.53. The molecule has 0 unspecified atom stereocenters. The predicted octanol–water partition coefficient (Wildman–Crippen LogP) is 1.99. The third-order valence-electron chi connectivity index (χ3n) is 3.51. The standard InChI is InChI=1S/C15H21NO2/c1-2-10-15(18)11-16(12-15)14(17)9-8-13-6-4-3-5-7-13/h3-7,18H,2,8-12H2,1H3. The highest BCUT2D eigenvalue weighted by Gasteiger charge is 2.42. The third kappa shape index (κ3) is 3.10. The molecule has 18 heavy (non-hydrogen) atoms. The van der Waals surface area contributed by atoms with Gasteiger partial charge < -0.3 is 10.0 Å². The summed E-state index contributed by atoms with van der Waals surface area (Å²) in [5.74, 6) is 0.152. The van der Waals surface area contributed by atoms with Crippen LogP contribution in [0.4, 0.5) is 0 Å². The van der Waals surface area contributed by atoms with E-state index in [9.17, 15) is 9.90 Å². The lowest BCUT2D eigenvalue weighted by Crippen LogP contribution is -2.63. The number of aliphatic hydroxyl groups is 1. The van der Waals surface area contributed by atoms with Crippen molar-refractivity contribution in [2.45, 2.75) is 38.2 Å². The van der Waals surface area contributed by atoms with Crippen LogP contribution in [-0.2, 0) is 11.2 Å². The highest BCUT2D eigenvalue weighted by molar-refractivity contribution is 5.77. The van der Waals surface area contributed by atoms with Crippen molar-refractivity contribution in [3.63, 3.8) is 0 Å². The van der Waals surface area contributed by atoms with E-state index < -0.39 is 5.60 Å². The molecule has 0 radical (unpaired) electrons. The van der Waals surface area contributed by atoms with E-state index in [1.807, 2.05) is 30.3 Å². The molecular weight excluding hydrogens is 226 g/mol. The maximum atomic E-state index is 11.9. The van der Waals surface area contributed by atoms with Crippen molar-refractivity contribution in [1.82, 2.24) is 4.90 Å². The number of likely N-dealkylation sites (tertiary alicyclic amines) is 1. The molecule has 1 aromatic rings. The molecule has 3 nitrogen and oxygen atoms in total. The number of amides is 1. The first-order valence-corrected chi connectivity index (χ1v) is 6.67. The van der Waals surface area contributed by atoms with Gasteiger partial charge >= 0.3 is 0 Å². The number of β-amino-alcohol motifs (C(OH)–C–C–N with tert-alkyl or cyclic N) is 1. The van der Waals surface area contributed by atoms with Gasteiger partial charge in [0.1, 0.15) is 0 Å². The number of rotatable bonds is 5. The Kier molecular flexibility index (Phi) is 4.02. The Hall–Kier alpha value is -1.35. The van der Waals surface area contributed by atoms with Gasteiger partial charge in [0.2, 0.25) is 5.91 Å². The number of carbonyl (C=O) groups is 1. The van der Waals surface area contributed by atoms with Gasteiger partial charge in [0, 0.05) is 6.42 Å². The fraction of sp³-hybridized carbons (Fsp3) is 0.533. The van der Waals surface area contributed by atoms with Crippen molar-refractivity contribution < 1.29 is 9.90 Å². The summed E-state index contributed by atoms with van der Waals surface area (Å²) < 4.78 is 0. The summed E-state index contributed by atoms with van der Waals surface area (Å²) in [6.07, 6.45) is 3.06. The van der Waals surface area contributed by atoms with E-state index in [4.69, 9.17) is 0 Å². The van der Waals surface area contributed by atoms with Crippen molar-refractivity contribution in [3.05, 3.63) is 35.9 Å². The first kappa shape index (κ1) is 13.1. The average Bonchev–Trinajstić information content (AvgIpc) is 2.34. The first-order valence-electron chi connectivity index (χ1n) is 6.67. The Morgan fingerprint density at radius 2 is 2.00 bits per heavy atom. The van der Waals surface area contributed by atoms with Gasteiger partial charge in [0.25, 0.3) is 0 Å². The summed E-state index contributed by atoms with van der Waals surface area (Å²) in [6, 6.07) is 10.0. The molecule has 1 saturated heterocycles. The first-order chi connectivity index (χ1) is 8.63. The van der Waals surface area contributed by atoms with Gasteiger partial charge in [-0.05, 0) is 18.4 Å². The maximum Gasteiger partial charge on any atom is 0.223 e. The van der Waals surface area contributed by atoms with Crippen molar-refractivity contribution in [3.8, 4) is 0 Å². The molecule has 0 aromatic heterocycles. The van der Waals surface area contributed by atoms with Crippen LogP contribution in [0.25, 0.3) is 0 Å². The number of hydrogen-bond donors (Lipinski definition) is 1. The lowest BCUT2D eigenvalue weighted by atomic mass is 9.89. The summed E-state index contributed by atoms with van der Waals surface area (Å²) in [5.41, 5.74) is 0.576. The van der Waals surface area contributed by atoms with Gasteiger partial charge in [-0.25, -0.2) is 0 Å². The van der Waals surface area contributed by atoms with Crippen LogP contribution in [0, 0.1) is 0 Å². The van der Waals surface area contributed by atoms with Crippen LogP contribution in [0.2, 0.25) is 0 Å². The van der Waals surface area contributed by atoms with E-state index in [-0.39, 0.29) is 5.91 Å². The summed E-state index contributed by atoms with van der Waals surface area (Å²) in [4.78, 5) is 13.7. The summed E-state index contributed by atoms with van der Waals surface area (Å²) >= 11 is 0. The zero-order valence-electron chi connectivity index (χ0n) is 10.9. The Bertz CT molecular complexity index is 396. The van der Waals surface area contributed by atoms with Gasteiger partial charge in [-0.1, -0.05) is 43.7 Å². The Morgan fingerprint density at radius 3 is 2.61 bits per heavy atom. The smallest absolute Gasteiger partial charge is 0.223 e. The molecule has 1 N–H and O–H groups in total. The zero-order valence-corrected chi connectivity index (χ0v) is 10.9. The van der Waals surface area contributed by atoms with Crippen LogP contribution in [0.3, 0.4) is 0 Å². The number of carbonyl (C=O) groups excluding carboxylic acids is 1. The third-order valence-corrected chi connectivity index (χ3v) is 3.51. The number of benzene rings is 1. The minimum absolute atomic E-state index is 0.152. The van der Waals surface area contributed by atoms with Crippen LogP contribution in [-0.4, -0.2) is 34.6 Å². The van der Waals surface area contributed by atoms with Gasteiger partial charge in [0.05, 0.1) is 18.7 Å². The molecule has 0 atom stereocenters. The quantitative estimate of drug-likeness (QED) is 0.864. The Labute approximate surface area is 108 Å². The van der Waals surface area contributed by atoms with E-state index in [1.165, 1.54) is 5.56 Å². The second-order valence-corrected chi connectivity index (χ2v) is 5.21. The highest BCUT2D eigenvalue weighted by atomic mass is 16.3. The van der Waals surface area contributed by atoms with E-state index in [2.05, 4.69) is 6.92 Å². The van der Waals surface area contributed by atoms with Crippen molar-refractivity contribution in [1.29, 1.82) is 0 Å². The highest BCUT2D eigenvalue weighted by Crippen LogP contribution is 2.26. The summed E-state index contributed by atoms with van der Waals surface area (Å²) in [6.45, 7) is 3.07. The average molecular weight is 247 g/mol. The van der Waals surface area contributed by atoms with Gasteiger partial charge in [0.15, 0.2) is 0 Å². The fourth-order valence-electron chi connectivity index (χ4n) is 2.52. The molecular formula is C15H21NO2. The van der Waals surface area contributed by atoms with Gasteiger partial charge in [-0.3, -0.25) is 4.79 Å². The molecule has 1 aromatic carbocycles. The molecule has 0 bridgehead atoms. The van der Waals surface area contributed by atoms with E-state index in [1.54, 1.807) is 4.90 Å². The summed E-state index contributed by atoms with van der Waals surface area (Å²) in [7, 11) is 0. The van der Waals surface area contributed by atoms with E-state index in [0.717, 1.165) is 19.3 Å². The second-order valence-electron chi connectivity index (χ2n) is 5.21. The van der Waals surface area contributed by atoms with Crippen LogP contribution in [0.1, 0.15) is 31.7 Å². The van der Waals surface area contributed by atoms with Crippen molar-refractivity contribution in [2.75, 3.05) is 13.1 Å². The molecule has 1 aliphatic rings. The molecule has 0 saturated carbocycles. The predicted molar refractivity (Wildman–Crippen MR) is 71.2 cm³/mol. The largest absolute Gasteiger partial charge is 0.386 e. The monoisotopic (exact) mass is 247 g/mol. The van der Waals surface area contributed by atoms with E-state index in [0.29, 0.717) is 19.5 Å². The van der Waals surface area contributed by atoms with Crippen LogP contribution >= 0.6 is 0 Å². The molecule has 0 aliphatic carbocycles. The SMILES string of the molecule is CCCC1(O)CN(C(=O)CCc2ccccc2)C1. The molecule has 98 valence electrons. The van der Waals surface area contributed by atoms with Crippen molar-refractivity contribution >= 4 is 5.91 Å². The minimum atomic E-state index is -0.614. The Morgan fingerprint density at radius 1 is 1.33 bits per heavy atom. The van der Waals surface area contributed by atoms with Crippen LogP contribution < -0.4 is 0 Å². The topological polar surface area (TPSA) is 40.5 Å². The number of nitrogens with zero attached hydrogens (tertiary/aromatic N) is 1. The molecule has 2 rings (SSSR count). The zero-order chi connectivity index (χ0) is 13.0. The minimum Gasteiger partial charge on any atom is -0.386 e. The van der Waals surface area contributed by atoms with Crippen LogP contribution in [0.15, 0.2) is 30.3 Å². The van der Waals surface area contributed by atoms with Crippen LogP contribution in [0.5, 0.6) is 0 Å². The molecule has 0 spiro atoms. The lowest BCUT2D eigenvalue weighted by molar-refractivity contribution is -0.156.